The Morgan fingerprint density at radius 2 is 1.84 bits per heavy atom. The highest BCUT2D eigenvalue weighted by molar-refractivity contribution is 7.07. The molecule has 0 aliphatic rings. The Kier molecular flexibility index (Phi) is 5.90. The second-order valence-electron chi connectivity index (χ2n) is 5.67. The molecule has 0 spiro atoms. The van der Waals surface area contributed by atoms with Crippen molar-refractivity contribution < 1.29 is 9.47 Å². The molecule has 3 rings (SSSR count). The Bertz CT molecular complexity index is 786. The molecule has 0 bridgehead atoms. The van der Waals surface area contributed by atoms with E-state index in [1.165, 1.54) is 5.56 Å². The highest BCUT2D eigenvalue weighted by atomic mass is 32.1. The van der Waals surface area contributed by atoms with E-state index in [2.05, 4.69) is 24.0 Å². The molecule has 0 radical (unpaired) electrons. The molecule has 25 heavy (non-hydrogen) atoms. The predicted octanol–water partition coefficient (Wildman–Crippen LogP) is 4.80. The van der Waals surface area contributed by atoms with Crippen LogP contribution in [0.3, 0.4) is 0 Å². The Morgan fingerprint density at radius 1 is 1.04 bits per heavy atom. The van der Waals surface area contributed by atoms with Gasteiger partial charge in [0, 0.05) is 17.4 Å². The van der Waals surface area contributed by atoms with Crippen molar-refractivity contribution >= 4 is 17.0 Å². The maximum Gasteiger partial charge on any atom is 0.142 e. The van der Waals surface area contributed by atoms with Crippen LogP contribution in [0.2, 0.25) is 0 Å². The van der Waals surface area contributed by atoms with Crippen molar-refractivity contribution in [1.29, 1.82) is 0 Å². The number of aromatic nitrogens is 1. The van der Waals surface area contributed by atoms with Crippen molar-refractivity contribution in [2.45, 2.75) is 19.8 Å². The summed E-state index contributed by atoms with van der Waals surface area (Å²) in [7, 11) is 0. The summed E-state index contributed by atoms with van der Waals surface area (Å²) in [6.07, 6.45) is 1.83. The van der Waals surface area contributed by atoms with Crippen molar-refractivity contribution in [1.82, 2.24) is 4.98 Å². The van der Waals surface area contributed by atoms with Gasteiger partial charge in [-0.3, -0.25) is 0 Å². The third-order valence-electron chi connectivity index (χ3n) is 3.88. The Balaban J connectivity index is 1.44. The van der Waals surface area contributed by atoms with Crippen LogP contribution in [0.1, 0.15) is 18.9 Å². The first-order chi connectivity index (χ1) is 12.3. The third-order valence-corrected chi connectivity index (χ3v) is 4.47. The first-order valence-corrected chi connectivity index (χ1v) is 9.33. The standard InChI is InChI=1S/C20H22N2O2S/c1-2-15-4-7-17(8-5-15)23-10-3-11-24-20-9-6-16(12-18(20)21)19-13-25-14-22-19/h4-9,12-14H,2-3,10-11,21H2,1H3. The summed E-state index contributed by atoms with van der Waals surface area (Å²) in [5.41, 5.74) is 11.8. The van der Waals surface area contributed by atoms with Crippen LogP contribution in [-0.4, -0.2) is 18.2 Å². The van der Waals surface area contributed by atoms with Crippen LogP contribution in [-0.2, 0) is 6.42 Å². The van der Waals surface area contributed by atoms with E-state index in [9.17, 15) is 0 Å². The van der Waals surface area contributed by atoms with E-state index in [-0.39, 0.29) is 0 Å². The van der Waals surface area contributed by atoms with Crippen molar-refractivity contribution in [3.63, 3.8) is 0 Å². The number of hydrogen-bond acceptors (Lipinski definition) is 5. The molecule has 0 saturated carbocycles. The lowest BCUT2D eigenvalue weighted by atomic mass is 10.1. The van der Waals surface area contributed by atoms with E-state index in [0.717, 1.165) is 29.8 Å². The fourth-order valence-corrected chi connectivity index (χ4v) is 3.01. The lowest BCUT2D eigenvalue weighted by Gasteiger charge is -2.11. The van der Waals surface area contributed by atoms with Gasteiger partial charge in [-0.2, -0.15) is 0 Å². The molecule has 0 atom stereocenters. The van der Waals surface area contributed by atoms with Gasteiger partial charge in [-0.25, -0.2) is 4.98 Å². The molecule has 0 unspecified atom stereocenters. The maximum atomic E-state index is 6.08. The zero-order valence-corrected chi connectivity index (χ0v) is 15.1. The third kappa shape index (κ3) is 4.73. The monoisotopic (exact) mass is 354 g/mol. The van der Waals surface area contributed by atoms with E-state index in [4.69, 9.17) is 15.2 Å². The van der Waals surface area contributed by atoms with Gasteiger partial charge in [-0.05, 0) is 42.3 Å². The van der Waals surface area contributed by atoms with E-state index in [0.29, 0.717) is 24.7 Å². The van der Waals surface area contributed by atoms with Crippen LogP contribution < -0.4 is 15.2 Å². The molecule has 1 aromatic heterocycles. The van der Waals surface area contributed by atoms with Gasteiger partial charge < -0.3 is 15.2 Å². The largest absolute Gasteiger partial charge is 0.493 e. The molecule has 4 nitrogen and oxygen atoms in total. The minimum atomic E-state index is 0.563. The molecule has 0 aliphatic heterocycles. The van der Waals surface area contributed by atoms with Gasteiger partial charge in [0.2, 0.25) is 0 Å². The highest BCUT2D eigenvalue weighted by Crippen LogP contribution is 2.28. The summed E-state index contributed by atoms with van der Waals surface area (Å²) in [6.45, 7) is 3.32. The summed E-state index contributed by atoms with van der Waals surface area (Å²) in [6, 6.07) is 14.0. The molecule has 5 heteroatoms. The Morgan fingerprint density at radius 3 is 2.52 bits per heavy atom. The smallest absolute Gasteiger partial charge is 0.142 e. The zero-order chi connectivity index (χ0) is 17.5. The summed E-state index contributed by atoms with van der Waals surface area (Å²) in [4.78, 5) is 4.29. The average molecular weight is 354 g/mol. The summed E-state index contributed by atoms with van der Waals surface area (Å²) >= 11 is 1.57. The number of rotatable bonds is 8. The van der Waals surface area contributed by atoms with Gasteiger partial charge in [-0.1, -0.05) is 19.1 Å². The van der Waals surface area contributed by atoms with Crippen molar-refractivity contribution in [2.24, 2.45) is 0 Å². The zero-order valence-electron chi connectivity index (χ0n) is 14.3. The van der Waals surface area contributed by atoms with Gasteiger partial charge in [0.1, 0.15) is 11.5 Å². The van der Waals surface area contributed by atoms with E-state index in [1.54, 1.807) is 11.3 Å². The maximum absolute atomic E-state index is 6.08. The van der Waals surface area contributed by atoms with Crippen LogP contribution in [0, 0.1) is 0 Å². The van der Waals surface area contributed by atoms with Crippen molar-refractivity contribution in [2.75, 3.05) is 18.9 Å². The van der Waals surface area contributed by atoms with E-state index >= 15 is 0 Å². The molecule has 2 N–H and O–H groups in total. The first-order valence-electron chi connectivity index (χ1n) is 8.39. The Hall–Kier alpha value is -2.53. The lowest BCUT2D eigenvalue weighted by Crippen LogP contribution is -2.06. The number of anilines is 1. The minimum Gasteiger partial charge on any atom is -0.493 e. The fraction of sp³-hybridized carbons (Fsp3) is 0.250. The quantitative estimate of drug-likeness (QED) is 0.466. The second kappa shape index (κ2) is 8.53. The fourth-order valence-electron chi connectivity index (χ4n) is 2.45. The van der Waals surface area contributed by atoms with Gasteiger partial charge in [-0.15, -0.1) is 11.3 Å². The van der Waals surface area contributed by atoms with E-state index < -0.39 is 0 Å². The average Bonchev–Trinajstić information content (AvgIpc) is 3.18. The molecular weight excluding hydrogens is 332 g/mol. The van der Waals surface area contributed by atoms with E-state index in [1.807, 2.05) is 41.2 Å². The number of nitrogens with zero attached hydrogens (tertiary/aromatic N) is 1. The van der Waals surface area contributed by atoms with Crippen molar-refractivity contribution in [3.05, 3.63) is 58.9 Å². The molecular formula is C20H22N2O2S. The lowest BCUT2D eigenvalue weighted by molar-refractivity contribution is 0.248. The Labute approximate surface area is 152 Å². The van der Waals surface area contributed by atoms with Crippen LogP contribution in [0.25, 0.3) is 11.3 Å². The van der Waals surface area contributed by atoms with Crippen LogP contribution in [0.5, 0.6) is 11.5 Å². The van der Waals surface area contributed by atoms with Crippen LogP contribution in [0.4, 0.5) is 5.69 Å². The summed E-state index contributed by atoms with van der Waals surface area (Å²) < 4.78 is 11.5. The molecule has 0 aliphatic carbocycles. The number of hydrogen-bond donors (Lipinski definition) is 1. The van der Waals surface area contributed by atoms with Gasteiger partial charge in [0.25, 0.3) is 0 Å². The molecule has 130 valence electrons. The number of aryl methyl sites for hydroxylation is 1. The van der Waals surface area contributed by atoms with Crippen LogP contribution >= 0.6 is 11.3 Å². The normalized spacial score (nSPS) is 10.6. The molecule has 1 heterocycles. The number of thiazole rings is 1. The second-order valence-corrected chi connectivity index (χ2v) is 6.39. The van der Waals surface area contributed by atoms with Crippen molar-refractivity contribution in [3.8, 4) is 22.8 Å². The van der Waals surface area contributed by atoms with Crippen LogP contribution in [0.15, 0.2) is 53.4 Å². The van der Waals surface area contributed by atoms with Gasteiger partial charge >= 0.3 is 0 Å². The number of nitrogens with two attached hydrogens (primary N) is 1. The van der Waals surface area contributed by atoms with Gasteiger partial charge in [0.15, 0.2) is 0 Å². The SMILES string of the molecule is CCc1ccc(OCCCOc2ccc(-c3cscn3)cc2N)cc1. The summed E-state index contributed by atoms with van der Waals surface area (Å²) in [5.74, 6) is 1.59. The summed E-state index contributed by atoms with van der Waals surface area (Å²) in [5, 5.41) is 2.00. The first kappa shape index (κ1) is 17.3. The van der Waals surface area contributed by atoms with Gasteiger partial charge in [0.05, 0.1) is 30.1 Å². The molecule has 2 aromatic carbocycles. The topological polar surface area (TPSA) is 57.4 Å². The minimum absolute atomic E-state index is 0.563. The highest BCUT2D eigenvalue weighted by Gasteiger charge is 2.05. The number of nitrogen functional groups attached to an aromatic ring is 1. The number of benzene rings is 2. The number of ether oxygens (including phenoxy) is 2. The molecule has 0 saturated heterocycles. The molecule has 3 aromatic rings. The molecule has 0 fully saturated rings. The molecule has 0 amide bonds. The predicted molar refractivity (Wildman–Crippen MR) is 103 cm³/mol.